The monoisotopic (exact) mass is 468 g/mol. The van der Waals surface area contributed by atoms with Gasteiger partial charge in [0.2, 0.25) is 0 Å². The molecule has 34 heavy (non-hydrogen) atoms. The standard InChI is InChI=1S/C23H28N6O5/c1-23(2,3)34-22(33)25-13-7-9-14(10-8-13)29-20-17(27-21(29)32)16(18(24)31)26-19(28-20)12-5-4-6-15(30)11-12/h4-6,11,13-14,30H,7-10H2,1-3H3,(H2,24,31)(H,25,33)(H,27,32). The third-order valence-corrected chi connectivity index (χ3v) is 5.69. The van der Waals surface area contributed by atoms with Crippen LogP contribution in [0.3, 0.4) is 0 Å². The van der Waals surface area contributed by atoms with Crippen LogP contribution in [-0.4, -0.2) is 48.3 Å². The third-order valence-electron chi connectivity index (χ3n) is 5.69. The number of nitrogens with zero attached hydrogens (tertiary/aromatic N) is 3. The van der Waals surface area contributed by atoms with Crippen molar-refractivity contribution in [1.29, 1.82) is 0 Å². The van der Waals surface area contributed by atoms with E-state index >= 15 is 0 Å². The summed E-state index contributed by atoms with van der Waals surface area (Å²) in [6.07, 6.45) is 2.07. The van der Waals surface area contributed by atoms with Gasteiger partial charge in [0.15, 0.2) is 17.2 Å². The van der Waals surface area contributed by atoms with Gasteiger partial charge in [-0.05, 0) is 58.6 Å². The van der Waals surface area contributed by atoms with Gasteiger partial charge in [-0.2, -0.15) is 0 Å². The zero-order valence-electron chi connectivity index (χ0n) is 19.3. The molecule has 180 valence electrons. The van der Waals surface area contributed by atoms with E-state index in [0.29, 0.717) is 31.2 Å². The molecule has 1 fully saturated rings. The summed E-state index contributed by atoms with van der Waals surface area (Å²) in [5.74, 6) is -0.609. The molecule has 0 aliphatic heterocycles. The highest BCUT2D eigenvalue weighted by atomic mass is 16.6. The van der Waals surface area contributed by atoms with E-state index in [2.05, 4.69) is 20.3 Å². The molecular formula is C23H28N6O5. The van der Waals surface area contributed by atoms with Crippen molar-refractivity contribution >= 4 is 23.2 Å². The van der Waals surface area contributed by atoms with Gasteiger partial charge in [-0.25, -0.2) is 19.6 Å². The number of phenolic OH excluding ortho intramolecular Hbond substituents is 1. The van der Waals surface area contributed by atoms with Crippen molar-refractivity contribution in [3.05, 3.63) is 40.4 Å². The molecule has 1 aliphatic carbocycles. The number of imidazole rings is 1. The number of amides is 2. The summed E-state index contributed by atoms with van der Waals surface area (Å²) in [5.41, 5.74) is 5.38. The van der Waals surface area contributed by atoms with Crippen LogP contribution in [0.2, 0.25) is 0 Å². The zero-order chi connectivity index (χ0) is 24.6. The van der Waals surface area contributed by atoms with Crippen molar-refractivity contribution in [2.45, 2.75) is 64.1 Å². The van der Waals surface area contributed by atoms with E-state index < -0.39 is 23.3 Å². The zero-order valence-corrected chi connectivity index (χ0v) is 19.3. The van der Waals surface area contributed by atoms with E-state index in [1.807, 2.05) is 0 Å². The molecule has 5 N–H and O–H groups in total. The van der Waals surface area contributed by atoms with E-state index in [4.69, 9.17) is 10.5 Å². The molecule has 1 aliphatic rings. The molecule has 2 heterocycles. The second kappa shape index (κ2) is 8.81. The number of alkyl carbamates (subject to hydrolysis) is 1. The Bertz CT molecular complexity index is 1300. The van der Waals surface area contributed by atoms with Crippen LogP contribution in [0.5, 0.6) is 5.75 Å². The van der Waals surface area contributed by atoms with Crippen molar-refractivity contribution in [2.75, 3.05) is 0 Å². The highest BCUT2D eigenvalue weighted by Crippen LogP contribution is 2.31. The fourth-order valence-corrected chi connectivity index (χ4v) is 4.25. The summed E-state index contributed by atoms with van der Waals surface area (Å²) < 4.78 is 6.85. The van der Waals surface area contributed by atoms with Gasteiger partial charge < -0.3 is 25.9 Å². The van der Waals surface area contributed by atoms with Gasteiger partial charge in [0.1, 0.15) is 16.9 Å². The lowest BCUT2D eigenvalue weighted by Crippen LogP contribution is -2.41. The molecule has 1 saturated carbocycles. The lowest BCUT2D eigenvalue weighted by atomic mass is 9.91. The maximum atomic E-state index is 12.9. The Morgan fingerprint density at radius 2 is 1.91 bits per heavy atom. The molecule has 11 heteroatoms. The number of benzene rings is 1. The summed E-state index contributed by atoms with van der Waals surface area (Å²) in [5, 5.41) is 12.7. The number of rotatable bonds is 4. The largest absolute Gasteiger partial charge is 0.508 e. The molecule has 0 bridgehead atoms. The quantitative estimate of drug-likeness (QED) is 0.457. The van der Waals surface area contributed by atoms with Gasteiger partial charge in [0.25, 0.3) is 5.91 Å². The van der Waals surface area contributed by atoms with Crippen LogP contribution >= 0.6 is 0 Å². The van der Waals surface area contributed by atoms with Crippen molar-refractivity contribution < 1.29 is 19.4 Å². The fraction of sp³-hybridized carbons (Fsp3) is 0.435. The Morgan fingerprint density at radius 3 is 2.53 bits per heavy atom. The van der Waals surface area contributed by atoms with Crippen LogP contribution in [0.15, 0.2) is 29.1 Å². The number of fused-ring (bicyclic) bond motifs is 1. The summed E-state index contributed by atoms with van der Waals surface area (Å²) in [6.45, 7) is 5.42. The number of carbonyl (C=O) groups excluding carboxylic acids is 2. The van der Waals surface area contributed by atoms with Crippen molar-refractivity contribution in [1.82, 2.24) is 24.8 Å². The Labute approximate surface area is 195 Å². The first-order chi connectivity index (χ1) is 16.0. The van der Waals surface area contributed by atoms with Crippen LogP contribution in [0.4, 0.5) is 4.79 Å². The number of phenols is 1. The molecule has 0 unspecified atom stereocenters. The predicted octanol–water partition coefficient (Wildman–Crippen LogP) is 2.60. The van der Waals surface area contributed by atoms with E-state index in [0.717, 1.165) is 0 Å². The number of nitrogens with two attached hydrogens (primary N) is 1. The minimum atomic E-state index is -0.799. The SMILES string of the molecule is CC(C)(C)OC(=O)NC1CCC(n2c(=O)[nH]c3c(C(N)=O)nc(-c4cccc(O)c4)nc32)CC1. The first kappa shape index (κ1) is 23.3. The van der Waals surface area contributed by atoms with E-state index in [9.17, 15) is 19.5 Å². The first-order valence-electron chi connectivity index (χ1n) is 11.1. The number of ether oxygens (including phenoxy) is 1. The summed E-state index contributed by atoms with van der Waals surface area (Å²) in [7, 11) is 0. The van der Waals surface area contributed by atoms with Gasteiger partial charge in [0, 0.05) is 17.6 Å². The highest BCUT2D eigenvalue weighted by molar-refractivity contribution is 6.01. The van der Waals surface area contributed by atoms with Gasteiger partial charge in [0.05, 0.1) is 0 Å². The minimum Gasteiger partial charge on any atom is -0.508 e. The molecule has 3 aromatic rings. The number of carbonyl (C=O) groups is 2. The van der Waals surface area contributed by atoms with Crippen LogP contribution in [0.1, 0.15) is 63.0 Å². The predicted molar refractivity (Wildman–Crippen MR) is 124 cm³/mol. The number of aromatic amines is 1. The van der Waals surface area contributed by atoms with Crippen LogP contribution < -0.4 is 16.7 Å². The Hall–Kier alpha value is -3.89. The molecule has 11 nitrogen and oxygen atoms in total. The van der Waals surface area contributed by atoms with Crippen LogP contribution in [0, 0.1) is 0 Å². The molecule has 0 saturated heterocycles. The van der Waals surface area contributed by atoms with E-state index in [-0.39, 0.29) is 40.5 Å². The van der Waals surface area contributed by atoms with Gasteiger partial charge in [-0.1, -0.05) is 12.1 Å². The summed E-state index contributed by atoms with van der Waals surface area (Å²) in [4.78, 5) is 48.6. The molecule has 2 amide bonds. The number of hydrogen-bond acceptors (Lipinski definition) is 7. The molecule has 0 radical (unpaired) electrons. The number of aromatic nitrogens is 4. The molecule has 1 aromatic carbocycles. The number of H-pyrrole nitrogens is 1. The Morgan fingerprint density at radius 1 is 1.21 bits per heavy atom. The second-order valence-corrected chi connectivity index (χ2v) is 9.46. The first-order valence-corrected chi connectivity index (χ1v) is 11.1. The lowest BCUT2D eigenvalue weighted by molar-refractivity contribution is 0.0488. The number of primary amides is 1. The molecule has 4 rings (SSSR count). The number of aromatic hydroxyl groups is 1. The number of hydrogen-bond donors (Lipinski definition) is 4. The molecule has 0 spiro atoms. The Kier molecular flexibility index (Phi) is 6.03. The van der Waals surface area contributed by atoms with E-state index in [1.165, 1.54) is 16.7 Å². The number of nitrogens with one attached hydrogen (secondary N) is 2. The lowest BCUT2D eigenvalue weighted by Gasteiger charge is -2.30. The van der Waals surface area contributed by atoms with Gasteiger partial charge in [-0.3, -0.25) is 9.36 Å². The van der Waals surface area contributed by atoms with Gasteiger partial charge >= 0.3 is 11.8 Å². The highest BCUT2D eigenvalue weighted by Gasteiger charge is 2.29. The molecular weight excluding hydrogens is 440 g/mol. The fourth-order valence-electron chi connectivity index (χ4n) is 4.25. The van der Waals surface area contributed by atoms with Gasteiger partial charge in [-0.15, -0.1) is 0 Å². The summed E-state index contributed by atoms with van der Waals surface area (Å²) >= 11 is 0. The maximum Gasteiger partial charge on any atom is 0.407 e. The second-order valence-electron chi connectivity index (χ2n) is 9.46. The van der Waals surface area contributed by atoms with Crippen LogP contribution in [0.25, 0.3) is 22.6 Å². The van der Waals surface area contributed by atoms with Crippen molar-refractivity contribution in [3.63, 3.8) is 0 Å². The average Bonchev–Trinajstić information content (AvgIpc) is 3.07. The van der Waals surface area contributed by atoms with E-state index in [1.54, 1.807) is 32.9 Å². The Balaban J connectivity index is 1.63. The average molecular weight is 469 g/mol. The smallest absolute Gasteiger partial charge is 0.407 e. The third kappa shape index (κ3) is 4.87. The normalized spacial score (nSPS) is 18.6. The minimum absolute atomic E-state index is 0.0177. The summed E-state index contributed by atoms with van der Waals surface area (Å²) in [6, 6.07) is 6.04. The topological polar surface area (TPSA) is 165 Å². The van der Waals surface area contributed by atoms with Crippen LogP contribution in [-0.2, 0) is 4.74 Å². The van der Waals surface area contributed by atoms with Crippen molar-refractivity contribution in [2.24, 2.45) is 5.73 Å². The molecule has 0 atom stereocenters. The molecule has 2 aromatic heterocycles. The van der Waals surface area contributed by atoms with Crippen molar-refractivity contribution in [3.8, 4) is 17.1 Å². The maximum absolute atomic E-state index is 12.9.